The van der Waals surface area contributed by atoms with Gasteiger partial charge < -0.3 is 9.64 Å². The van der Waals surface area contributed by atoms with E-state index in [1.165, 1.54) is 18.2 Å². The first kappa shape index (κ1) is 18.0. The van der Waals surface area contributed by atoms with Gasteiger partial charge in [-0.3, -0.25) is 4.79 Å². The van der Waals surface area contributed by atoms with Crippen molar-refractivity contribution >= 4 is 27.5 Å². The number of likely N-dealkylation sites (tertiary alicyclic amines) is 1. The standard InChI is InChI=1S/C15H21ClN2O4S/c1-2-7-17-23(20,21)12-5-6-14(13(16)10-12)22-11-15(19)18-8-3-4-9-18/h5-6,10,17H,2-4,7-9,11H2,1H3. The van der Waals surface area contributed by atoms with Crippen LogP contribution < -0.4 is 9.46 Å². The fraction of sp³-hybridized carbons (Fsp3) is 0.533. The lowest BCUT2D eigenvalue weighted by atomic mass is 10.3. The minimum atomic E-state index is -3.57. The van der Waals surface area contributed by atoms with Crippen LogP contribution in [0.1, 0.15) is 26.2 Å². The number of hydrogen-bond acceptors (Lipinski definition) is 4. The molecular weight excluding hydrogens is 340 g/mol. The Bertz CT molecular complexity index is 657. The van der Waals surface area contributed by atoms with Crippen LogP contribution in [0.4, 0.5) is 0 Å². The molecule has 1 aromatic rings. The number of nitrogens with zero attached hydrogens (tertiary/aromatic N) is 1. The molecule has 0 spiro atoms. The Morgan fingerprint density at radius 3 is 2.65 bits per heavy atom. The number of hydrogen-bond donors (Lipinski definition) is 1. The van der Waals surface area contributed by atoms with Crippen molar-refractivity contribution in [3.8, 4) is 5.75 Å². The average molecular weight is 361 g/mol. The van der Waals surface area contributed by atoms with Crippen LogP contribution in [0, 0.1) is 0 Å². The van der Waals surface area contributed by atoms with E-state index in [4.69, 9.17) is 16.3 Å². The molecule has 0 aromatic heterocycles. The molecule has 6 nitrogen and oxygen atoms in total. The Morgan fingerprint density at radius 2 is 2.04 bits per heavy atom. The number of carbonyl (C=O) groups excluding carboxylic acids is 1. The lowest BCUT2D eigenvalue weighted by molar-refractivity contribution is -0.132. The Morgan fingerprint density at radius 1 is 1.35 bits per heavy atom. The molecule has 1 amide bonds. The minimum Gasteiger partial charge on any atom is -0.482 e. The molecule has 0 saturated carbocycles. The molecule has 0 bridgehead atoms. The highest BCUT2D eigenvalue weighted by atomic mass is 35.5. The number of carbonyl (C=O) groups is 1. The number of nitrogens with one attached hydrogen (secondary N) is 1. The maximum Gasteiger partial charge on any atom is 0.260 e. The number of halogens is 1. The zero-order valence-corrected chi connectivity index (χ0v) is 14.6. The Hall–Kier alpha value is -1.31. The number of rotatable bonds is 7. The van der Waals surface area contributed by atoms with E-state index >= 15 is 0 Å². The van der Waals surface area contributed by atoms with E-state index in [1.807, 2.05) is 6.92 Å². The summed E-state index contributed by atoms with van der Waals surface area (Å²) in [5.74, 6) is 0.216. The summed E-state index contributed by atoms with van der Waals surface area (Å²) in [6.45, 7) is 3.67. The molecule has 2 rings (SSSR count). The molecule has 128 valence electrons. The summed E-state index contributed by atoms with van der Waals surface area (Å²) in [5, 5.41) is 0.165. The average Bonchev–Trinajstić information content (AvgIpc) is 3.06. The first-order valence-corrected chi connectivity index (χ1v) is 9.50. The second-order valence-corrected chi connectivity index (χ2v) is 7.54. The number of ether oxygens (including phenoxy) is 1. The maximum atomic E-state index is 12.0. The molecule has 1 aliphatic rings. The van der Waals surface area contributed by atoms with Crippen molar-refractivity contribution in [3.05, 3.63) is 23.2 Å². The van der Waals surface area contributed by atoms with E-state index in [1.54, 1.807) is 4.90 Å². The highest BCUT2D eigenvalue weighted by molar-refractivity contribution is 7.89. The summed E-state index contributed by atoms with van der Waals surface area (Å²) in [7, 11) is -3.57. The highest BCUT2D eigenvalue weighted by Gasteiger charge is 2.19. The van der Waals surface area contributed by atoms with E-state index in [2.05, 4.69) is 4.72 Å². The third-order valence-electron chi connectivity index (χ3n) is 3.57. The predicted octanol–water partition coefficient (Wildman–Crippen LogP) is 2.03. The van der Waals surface area contributed by atoms with Crippen LogP contribution in [0.15, 0.2) is 23.1 Å². The van der Waals surface area contributed by atoms with E-state index in [0.717, 1.165) is 25.9 Å². The van der Waals surface area contributed by atoms with Gasteiger partial charge in [0.05, 0.1) is 9.92 Å². The molecular formula is C15H21ClN2O4S. The molecule has 23 heavy (non-hydrogen) atoms. The third-order valence-corrected chi connectivity index (χ3v) is 5.32. The fourth-order valence-electron chi connectivity index (χ4n) is 2.28. The summed E-state index contributed by atoms with van der Waals surface area (Å²) in [6.07, 6.45) is 2.74. The number of sulfonamides is 1. The zero-order valence-electron chi connectivity index (χ0n) is 13.0. The van der Waals surface area contributed by atoms with Gasteiger partial charge >= 0.3 is 0 Å². The van der Waals surface area contributed by atoms with Crippen LogP contribution in [-0.4, -0.2) is 45.5 Å². The summed E-state index contributed by atoms with van der Waals surface area (Å²) in [4.78, 5) is 13.8. The van der Waals surface area contributed by atoms with Gasteiger partial charge in [0, 0.05) is 19.6 Å². The van der Waals surface area contributed by atoms with Crippen molar-refractivity contribution in [2.24, 2.45) is 0 Å². The molecule has 1 saturated heterocycles. The molecule has 1 N–H and O–H groups in total. The molecule has 0 unspecified atom stereocenters. The molecule has 1 aromatic carbocycles. The second-order valence-electron chi connectivity index (χ2n) is 5.37. The summed E-state index contributed by atoms with van der Waals surface area (Å²) in [6, 6.07) is 4.22. The van der Waals surface area contributed by atoms with Crippen LogP contribution in [0.25, 0.3) is 0 Å². The van der Waals surface area contributed by atoms with Gasteiger partial charge in [0.25, 0.3) is 5.91 Å². The van der Waals surface area contributed by atoms with Crippen molar-refractivity contribution < 1.29 is 17.9 Å². The van der Waals surface area contributed by atoms with Crippen LogP contribution in [-0.2, 0) is 14.8 Å². The normalized spacial score (nSPS) is 15.0. The largest absolute Gasteiger partial charge is 0.482 e. The van der Waals surface area contributed by atoms with Gasteiger partial charge in [-0.1, -0.05) is 18.5 Å². The van der Waals surface area contributed by atoms with E-state index in [9.17, 15) is 13.2 Å². The molecule has 1 fully saturated rings. The monoisotopic (exact) mass is 360 g/mol. The molecule has 0 radical (unpaired) electrons. The Labute approximate surface area is 141 Å². The fourth-order valence-corrected chi connectivity index (χ4v) is 3.74. The van der Waals surface area contributed by atoms with Gasteiger partial charge in [0.1, 0.15) is 5.75 Å². The van der Waals surface area contributed by atoms with Crippen molar-refractivity contribution in [2.45, 2.75) is 31.1 Å². The first-order valence-electron chi connectivity index (χ1n) is 7.64. The Kier molecular flexibility index (Phi) is 6.26. The van der Waals surface area contributed by atoms with Crippen molar-refractivity contribution in [2.75, 3.05) is 26.2 Å². The van der Waals surface area contributed by atoms with Gasteiger partial charge in [-0.05, 0) is 37.5 Å². The molecule has 0 atom stereocenters. The van der Waals surface area contributed by atoms with Gasteiger partial charge in [-0.25, -0.2) is 13.1 Å². The van der Waals surface area contributed by atoms with E-state index in [0.29, 0.717) is 18.7 Å². The molecule has 0 aliphatic carbocycles. The van der Waals surface area contributed by atoms with Crippen LogP contribution in [0.2, 0.25) is 5.02 Å². The minimum absolute atomic E-state index is 0.0779. The zero-order chi connectivity index (χ0) is 16.9. The van der Waals surface area contributed by atoms with Crippen LogP contribution >= 0.6 is 11.6 Å². The number of benzene rings is 1. The van der Waals surface area contributed by atoms with Crippen molar-refractivity contribution in [1.82, 2.24) is 9.62 Å². The molecule has 1 aliphatic heterocycles. The summed E-state index contributed by atoms with van der Waals surface area (Å²) in [5.41, 5.74) is 0. The lowest BCUT2D eigenvalue weighted by Crippen LogP contribution is -2.32. The molecule has 1 heterocycles. The van der Waals surface area contributed by atoms with Gasteiger partial charge in [-0.15, -0.1) is 0 Å². The first-order chi connectivity index (χ1) is 10.9. The Balaban J connectivity index is 2.00. The number of amides is 1. The smallest absolute Gasteiger partial charge is 0.260 e. The summed E-state index contributed by atoms with van der Waals surface area (Å²) >= 11 is 6.07. The van der Waals surface area contributed by atoms with Gasteiger partial charge in [0.15, 0.2) is 6.61 Å². The van der Waals surface area contributed by atoms with Crippen molar-refractivity contribution in [3.63, 3.8) is 0 Å². The SMILES string of the molecule is CCCNS(=O)(=O)c1ccc(OCC(=O)N2CCCC2)c(Cl)c1. The molecule has 8 heteroatoms. The van der Waals surface area contributed by atoms with Gasteiger partial charge in [-0.2, -0.15) is 0 Å². The van der Waals surface area contributed by atoms with Crippen LogP contribution in [0.3, 0.4) is 0 Å². The van der Waals surface area contributed by atoms with E-state index in [-0.39, 0.29) is 22.4 Å². The van der Waals surface area contributed by atoms with Gasteiger partial charge in [0.2, 0.25) is 10.0 Å². The van der Waals surface area contributed by atoms with Crippen LogP contribution in [0.5, 0.6) is 5.75 Å². The second kappa shape index (κ2) is 7.99. The predicted molar refractivity (Wildman–Crippen MR) is 88.2 cm³/mol. The van der Waals surface area contributed by atoms with E-state index < -0.39 is 10.0 Å². The highest BCUT2D eigenvalue weighted by Crippen LogP contribution is 2.27. The third kappa shape index (κ3) is 4.83. The quantitative estimate of drug-likeness (QED) is 0.807. The van der Waals surface area contributed by atoms with Crippen molar-refractivity contribution in [1.29, 1.82) is 0 Å². The summed E-state index contributed by atoms with van der Waals surface area (Å²) < 4.78 is 31.9. The lowest BCUT2D eigenvalue weighted by Gasteiger charge is -2.16. The topological polar surface area (TPSA) is 75.7 Å². The maximum absolute atomic E-state index is 12.0.